The van der Waals surface area contributed by atoms with Gasteiger partial charge in [0.25, 0.3) is 0 Å². The molecule has 29 heavy (non-hydrogen) atoms. The molecule has 0 bridgehead atoms. The number of methoxy groups -OCH3 is 1. The zero-order valence-electron chi connectivity index (χ0n) is 16.4. The summed E-state index contributed by atoms with van der Waals surface area (Å²) in [5, 5.41) is 5.24. The number of carbonyl (C=O) groups is 2. The Kier molecular flexibility index (Phi) is 3.96. The topological polar surface area (TPSA) is 58.6 Å². The van der Waals surface area contributed by atoms with Crippen molar-refractivity contribution in [2.24, 2.45) is 5.92 Å². The molecule has 2 aliphatic rings. The lowest BCUT2D eigenvalue weighted by atomic mass is 9.66. The molecule has 3 aromatic carbocycles. The largest absolute Gasteiger partial charge is 0.469 e. The quantitative estimate of drug-likeness (QED) is 0.685. The van der Waals surface area contributed by atoms with Gasteiger partial charge in [0.1, 0.15) is 5.41 Å². The molecule has 5 nitrogen and oxygen atoms in total. The maximum Gasteiger partial charge on any atom is 0.311 e. The highest BCUT2D eigenvalue weighted by Crippen LogP contribution is 2.57. The van der Waals surface area contributed by atoms with Gasteiger partial charge in [-0.25, -0.2) is 0 Å². The first-order valence-corrected chi connectivity index (χ1v) is 9.75. The number of nitrogens with one attached hydrogen (secondary N) is 1. The van der Waals surface area contributed by atoms with Crippen LogP contribution in [-0.2, 0) is 19.7 Å². The van der Waals surface area contributed by atoms with Crippen LogP contribution in [0.25, 0.3) is 10.8 Å². The molecule has 5 heteroatoms. The van der Waals surface area contributed by atoms with Gasteiger partial charge in [0.2, 0.25) is 5.91 Å². The Hall–Kier alpha value is -3.18. The number of likely N-dealkylation sites (tertiary alicyclic amines) is 1. The number of anilines is 1. The molecule has 1 amide bonds. The lowest BCUT2D eigenvalue weighted by Gasteiger charge is -2.35. The van der Waals surface area contributed by atoms with E-state index < -0.39 is 11.3 Å². The molecule has 0 aliphatic carbocycles. The number of nitrogens with zero attached hydrogens (tertiary/aromatic N) is 1. The van der Waals surface area contributed by atoms with Crippen molar-refractivity contribution >= 4 is 28.3 Å². The lowest BCUT2D eigenvalue weighted by Crippen LogP contribution is -2.47. The van der Waals surface area contributed by atoms with Crippen molar-refractivity contribution in [1.82, 2.24) is 4.90 Å². The van der Waals surface area contributed by atoms with Gasteiger partial charge in [0.05, 0.1) is 19.1 Å². The van der Waals surface area contributed by atoms with Crippen molar-refractivity contribution in [3.8, 4) is 0 Å². The molecule has 1 spiro atoms. The predicted molar refractivity (Wildman–Crippen MR) is 112 cm³/mol. The molecule has 146 valence electrons. The van der Waals surface area contributed by atoms with Crippen LogP contribution in [0.4, 0.5) is 5.69 Å². The first-order valence-electron chi connectivity index (χ1n) is 9.75. The van der Waals surface area contributed by atoms with Crippen LogP contribution in [0.5, 0.6) is 0 Å². The third-order valence-electron chi connectivity index (χ3n) is 6.49. The van der Waals surface area contributed by atoms with Gasteiger partial charge < -0.3 is 10.1 Å². The van der Waals surface area contributed by atoms with Gasteiger partial charge in [-0.05, 0) is 35.0 Å². The fourth-order valence-corrected chi connectivity index (χ4v) is 5.37. The fraction of sp³-hybridized carbons (Fsp3) is 0.250. The van der Waals surface area contributed by atoms with E-state index >= 15 is 0 Å². The second kappa shape index (κ2) is 6.42. The molecule has 0 aromatic heterocycles. The molecular formula is C24H22N2O3. The highest BCUT2D eigenvalue weighted by molar-refractivity contribution is 6.10. The predicted octanol–water partition coefficient (Wildman–Crippen LogP) is 3.51. The summed E-state index contributed by atoms with van der Waals surface area (Å²) in [7, 11) is 3.37. The van der Waals surface area contributed by atoms with Crippen LogP contribution in [0, 0.1) is 5.92 Å². The van der Waals surface area contributed by atoms with E-state index in [0.717, 1.165) is 27.6 Å². The maximum absolute atomic E-state index is 13.6. The van der Waals surface area contributed by atoms with E-state index in [1.165, 1.54) is 7.11 Å². The highest BCUT2D eigenvalue weighted by atomic mass is 16.5. The third-order valence-corrected chi connectivity index (χ3v) is 6.49. The van der Waals surface area contributed by atoms with Crippen LogP contribution >= 0.6 is 0 Å². The van der Waals surface area contributed by atoms with Crippen molar-refractivity contribution in [2.45, 2.75) is 11.5 Å². The summed E-state index contributed by atoms with van der Waals surface area (Å²) in [5.74, 6) is -1.09. The standard InChI is InChI=1S/C24H22N2O3/c1-26-14-19(22(27)29-2)24(18-12-5-6-13-20(18)25-23(24)28)21(26)17-11-7-9-15-8-3-4-10-16(15)17/h3-13,19,21H,14H2,1-2H3,(H,25,28)/t19-,21+,24-/m0/s1. The van der Waals surface area contributed by atoms with Gasteiger partial charge >= 0.3 is 5.97 Å². The van der Waals surface area contributed by atoms with E-state index in [1.807, 2.05) is 49.5 Å². The van der Waals surface area contributed by atoms with E-state index in [4.69, 9.17) is 4.74 Å². The molecule has 1 N–H and O–H groups in total. The van der Waals surface area contributed by atoms with Gasteiger partial charge in [0, 0.05) is 12.2 Å². The Morgan fingerprint density at radius 2 is 1.79 bits per heavy atom. The zero-order valence-corrected chi connectivity index (χ0v) is 16.4. The smallest absolute Gasteiger partial charge is 0.311 e. The van der Waals surface area contributed by atoms with Gasteiger partial charge in [-0.1, -0.05) is 60.7 Å². The average molecular weight is 386 g/mol. The van der Waals surface area contributed by atoms with Crippen LogP contribution < -0.4 is 5.32 Å². The van der Waals surface area contributed by atoms with E-state index in [0.29, 0.717) is 6.54 Å². The van der Waals surface area contributed by atoms with E-state index in [-0.39, 0.29) is 17.9 Å². The number of benzene rings is 3. The number of carbonyl (C=O) groups excluding carboxylic acids is 2. The third kappa shape index (κ3) is 2.31. The Labute approximate surface area is 169 Å². The Balaban J connectivity index is 1.83. The van der Waals surface area contributed by atoms with Gasteiger partial charge in [-0.2, -0.15) is 0 Å². The van der Waals surface area contributed by atoms with E-state index in [9.17, 15) is 9.59 Å². The number of fused-ring (bicyclic) bond motifs is 3. The van der Waals surface area contributed by atoms with Crippen LogP contribution in [0.1, 0.15) is 17.2 Å². The highest BCUT2D eigenvalue weighted by Gasteiger charge is 2.65. The van der Waals surface area contributed by atoms with Gasteiger partial charge in [-0.3, -0.25) is 14.5 Å². The summed E-state index contributed by atoms with van der Waals surface area (Å²) in [4.78, 5) is 28.6. The number of ether oxygens (including phenoxy) is 1. The fourth-order valence-electron chi connectivity index (χ4n) is 5.37. The molecule has 2 heterocycles. The summed E-state index contributed by atoms with van der Waals surface area (Å²) in [6.07, 6.45) is 0. The number of hydrogen-bond acceptors (Lipinski definition) is 4. The minimum atomic E-state index is -1.04. The summed E-state index contributed by atoms with van der Waals surface area (Å²) in [5.41, 5.74) is 1.64. The van der Waals surface area contributed by atoms with Crippen molar-refractivity contribution in [3.63, 3.8) is 0 Å². The molecule has 3 aromatic rings. The van der Waals surface area contributed by atoms with Crippen molar-refractivity contribution in [2.75, 3.05) is 26.0 Å². The number of rotatable bonds is 2. The monoisotopic (exact) mass is 386 g/mol. The molecule has 1 saturated heterocycles. The summed E-state index contributed by atoms with van der Waals surface area (Å²) < 4.78 is 5.16. The summed E-state index contributed by atoms with van der Waals surface area (Å²) in [6.45, 7) is 0.447. The Morgan fingerprint density at radius 3 is 2.62 bits per heavy atom. The number of esters is 1. The average Bonchev–Trinajstić information content (AvgIpc) is 3.22. The number of likely N-dealkylation sites (N-methyl/N-ethyl adjacent to an activating group) is 1. The van der Waals surface area contributed by atoms with E-state index in [1.54, 1.807) is 0 Å². The zero-order chi connectivity index (χ0) is 20.2. The van der Waals surface area contributed by atoms with E-state index in [2.05, 4.69) is 34.5 Å². The lowest BCUT2D eigenvalue weighted by molar-refractivity contribution is -0.149. The first-order chi connectivity index (χ1) is 14.1. The molecule has 0 saturated carbocycles. The Bertz CT molecular complexity index is 1140. The second-order valence-electron chi connectivity index (χ2n) is 7.85. The minimum Gasteiger partial charge on any atom is -0.469 e. The number of hydrogen-bond donors (Lipinski definition) is 1. The normalized spacial score (nSPS) is 25.9. The molecule has 5 rings (SSSR count). The molecular weight excluding hydrogens is 364 g/mol. The summed E-state index contributed by atoms with van der Waals surface area (Å²) in [6, 6.07) is 21.7. The minimum absolute atomic E-state index is 0.142. The number of amides is 1. The Morgan fingerprint density at radius 1 is 1.07 bits per heavy atom. The van der Waals surface area contributed by atoms with Crippen LogP contribution in [0.15, 0.2) is 66.7 Å². The molecule has 2 aliphatic heterocycles. The molecule has 0 unspecified atom stereocenters. The first kappa shape index (κ1) is 17.9. The van der Waals surface area contributed by atoms with Crippen LogP contribution in [0.3, 0.4) is 0 Å². The molecule has 3 atom stereocenters. The van der Waals surface area contributed by atoms with Gasteiger partial charge in [0.15, 0.2) is 0 Å². The molecule has 1 fully saturated rings. The SMILES string of the molecule is COC(=O)[C@@H]1CN(C)[C@H](c2cccc3ccccc23)[C@@]12C(=O)Nc1ccccc12. The van der Waals surface area contributed by atoms with Crippen LogP contribution in [-0.4, -0.2) is 37.5 Å². The van der Waals surface area contributed by atoms with Crippen molar-refractivity contribution in [3.05, 3.63) is 77.9 Å². The second-order valence-corrected chi connectivity index (χ2v) is 7.85. The summed E-state index contributed by atoms with van der Waals surface area (Å²) >= 11 is 0. The number of para-hydroxylation sites is 1. The molecule has 0 radical (unpaired) electrons. The van der Waals surface area contributed by atoms with Crippen molar-refractivity contribution < 1.29 is 14.3 Å². The van der Waals surface area contributed by atoms with Gasteiger partial charge in [-0.15, -0.1) is 0 Å². The van der Waals surface area contributed by atoms with Crippen LogP contribution in [0.2, 0.25) is 0 Å². The van der Waals surface area contributed by atoms with Crippen molar-refractivity contribution in [1.29, 1.82) is 0 Å². The maximum atomic E-state index is 13.6.